The number of amides is 2. The molecule has 2 heterocycles. The van der Waals surface area contributed by atoms with E-state index in [4.69, 9.17) is 5.11 Å². The first-order valence-electron chi connectivity index (χ1n) is 6.21. The number of aliphatic carboxylic acids is 1. The fourth-order valence-electron chi connectivity index (χ4n) is 1.68. The van der Waals surface area contributed by atoms with Crippen LogP contribution in [-0.4, -0.2) is 38.4 Å². The molecule has 112 valence electrons. The molecule has 0 bridgehead atoms. The van der Waals surface area contributed by atoms with Crippen LogP contribution >= 0.6 is 11.3 Å². The summed E-state index contributed by atoms with van der Waals surface area (Å²) in [5.74, 6) is -0.482. The van der Waals surface area contributed by atoms with Crippen molar-refractivity contribution in [2.45, 2.75) is 12.5 Å². The smallest absolute Gasteiger partial charge is 0.331 e. The van der Waals surface area contributed by atoms with Crippen molar-refractivity contribution < 1.29 is 14.7 Å². The molecule has 2 aromatic heterocycles. The number of carbonyl (C=O) groups excluding carboxylic acids is 1. The van der Waals surface area contributed by atoms with Crippen molar-refractivity contribution in [3.05, 3.63) is 34.5 Å². The van der Waals surface area contributed by atoms with Gasteiger partial charge in [0.15, 0.2) is 11.9 Å². The van der Waals surface area contributed by atoms with Crippen molar-refractivity contribution in [3.63, 3.8) is 0 Å². The zero-order valence-electron chi connectivity index (χ0n) is 11.3. The van der Waals surface area contributed by atoms with E-state index >= 15 is 0 Å². The highest BCUT2D eigenvalue weighted by Crippen LogP contribution is 2.18. The number of nitrogens with one attached hydrogen (secondary N) is 2. The molecule has 0 aliphatic heterocycles. The van der Waals surface area contributed by atoms with Crippen LogP contribution in [0.1, 0.15) is 16.7 Å². The Morgan fingerprint density at radius 2 is 2.33 bits per heavy atom. The van der Waals surface area contributed by atoms with E-state index in [1.54, 1.807) is 35.6 Å². The summed E-state index contributed by atoms with van der Waals surface area (Å²) in [6, 6.07) is 1.83. The molecule has 2 aromatic rings. The Hall–Kier alpha value is -2.42. The number of carboxylic acid groups (broad SMARTS) is 1. The molecule has 2 rings (SSSR count). The van der Waals surface area contributed by atoms with Crippen molar-refractivity contribution in [2.24, 2.45) is 7.05 Å². The second kappa shape index (κ2) is 6.84. The SMILES string of the molecule is Cn1cnc(CCNC(=O)NC(C(=O)O)c2cccs2)n1. The number of carbonyl (C=O) groups is 2. The molecular formula is C12H15N5O3S. The van der Waals surface area contributed by atoms with E-state index in [9.17, 15) is 9.59 Å². The Bertz CT molecular complexity index is 610. The first-order valence-corrected chi connectivity index (χ1v) is 7.09. The van der Waals surface area contributed by atoms with Crippen molar-refractivity contribution in [1.29, 1.82) is 0 Å². The molecular weight excluding hydrogens is 294 g/mol. The van der Waals surface area contributed by atoms with Crippen LogP contribution in [-0.2, 0) is 18.3 Å². The van der Waals surface area contributed by atoms with Gasteiger partial charge in [-0.2, -0.15) is 5.10 Å². The molecule has 8 nitrogen and oxygen atoms in total. The molecule has 9 heteroatoms. The summed E-state index contributed by atoms with van der Waals surface area (Å²) >= 11 is 1.28. The van der Waals surface area contributed by atoms with Crippen molar-refractivity contribution in [1.82, 2.24) is 25.4 Å². The number of aromatic nitrogens is 3. The Morgan fingerprint density at radius 1 is 1.52 bits per heavy atom. The lowest BCUT2D eigenvalue weighted by molar-refractivity contribution is -0.139. The largest absolute Gasteiger partial charge is 0.479 e. The first-order chi connectivity index (χ1) is 10.1. The standard InChI is InChI=1S/C12H15N5O3S/c1-17-7-14-9(16-17)4-5-13-12(20)15-10(11(18)19)8-3-2-6-21-8/h2-3,6-7,10H,4-5H2,1H3,(H,18,19)(H2,13,15,20). The molecule has 0 fully saturated rings. The average molecular weight is 309 g/mol. The van der Waals surface area contributed by atoms with E-state index in [-0.39, 0.29) is 0 Å². The summed E-state index contributed by atoms with van der Waals surface area (Å²) < 4.78 is 1.58. The monoisotopic (exact) mass is 309 g/mol. The topological polar surface area (TPSA) is 109 Å². The fraction of sp³-hybridized carbons (Fsp3) is 0.333. The Balaban J connectivity index is 1.81. The van der Waals surface area contributed by atoms with E-state index in [0.29, 0.717) is 23.7 Å². The highest BCUT2D eigenvalue weighted by Gasteiger charge is 2.22. The van der Waals surface area contributed by atoms with E-state index < -0.39 is 18.0 Å². The van der Waals surface area contributed by atoms with Gasteiger partial charge in [0.1, 0.15) is 6.33 Å². The van der Waals surface area contributed by atoms with Gasteiger partial charge in [0.25, 0.3) is 0 Å². The summed E-state index contributed by atoms with van der Waals surface area (Å²) in [5.41, 5.74) is 0. The normalized spacial score (nSPS) is 11.9. The molecule has 0 radical (unpaired) electrons. The quantitative estimate of drug-likeness (QED) is 0.722. The van der Waals surface area contributed by atoms with Gasteiger partial charge in [-0.1, -0.05) is 6.07 Å². The third kappa shape index (κ3) is 4.28. The Kier molecular flexibility index (Phi) is 4.88. The summed E-state index contributed by atoms with van der Waals surface area (Å²) in [6.45, 7) is 0.326. The minimum absolute atomic E-state index is 0.326. The van der Waals surface area contributed by atoms with Crippen LogP contribution < -0.4 is 10.6 Å². The van der Waals surface area contributed by atoms with Gasteiger partial charge in [-0.3, -0.25) is 4.68 Å². The van der Waals surface area contributed by atoms with Crippen LogP contribution in [0.25, 0.3) is 0 Å². The Labute approximate surface area is 124 Å². The molecule has 0 aliphatic carbocycles. The Morgan fingerprint density at radius 3 is 2.90 bits per heavy atom. The number of aryl methyl sites for hydroxylation is 1. The molecule has 1 atom stereocenters. The summed E-state index contributed by atoms with van der Waals surface area (Å²) in [5, 5.41) is 20.0. The van der Waals surface area contributed by atoms with Crippen LogP contribution in [0.5, 0.6) is 0 Å². The highest BCUT2D eigenvalue weighted by molar-refractivity contribution is 7.10. The van der Waals surface area contributed by atoms with Crippen molar-refractivity contribution in [3.8, 4) is 0 Å². The lowest BCUT2D eigenvalue weighted by Crippen LogP contribution is -2.41. The number of thiophene rings is 1. The van der Waals surface area contributed by atoms with Gasteiger partial charge in [-0.05, 0) is 11.4 Å². The van der Waals surface area contributed by atoms with Crippen LogP contribution in [0, 0.1) is 0 Å². The number of carboxylic acids is 1. The molecule has 0 saturated carbocycles. The number of hydrogen-bond donors (Lipinski definition) is 3. The molecule has 3 N–H and O–H groups in total. The van der Waals surface area contributed by atoms with Gasteiger partial charge in [-0.15, -0.1) is 11.3 Å². The van der Waals surface area contributed by atoms with Crippen LogP contribution in [0.3, 0.4) is 0 Å². The molecule has 1 unspecified atom stereocenters. The predicted molar refractivity (Wildman–Crippen MR) is 75.9 cm³/mol. The van der Waals surface area contributed by atoms with Crippen LogP contribution in [0.4, 0.5) is 4.79 Å². The number of rotatable bonds is 6. The van der Waals surface area contributed by atoms with Gasteiger partial charge in [-0.25, -0.2) is 14.6 Å². The minimum atomic E-state index is -1.10. The third-order valence-electron chi connectivity index (χ3n) is 2.63. The maximum atomic E-state index is 11.7. The molecule has 0 spiro atoms. The summed E-state index contributed by atoms with van der Waals surface area (Å²) in [7, 11) is 1.76. The molecule has 2 amide bonds. The number of hydrogen-bond acceptors (Lipinski definition) is 5. The zero-order chi connectivity index (χ0) is 15.2. The average Bonchev–Trinajstić information content (AvgIpc) is 3.07. The summed E-state index contributed by atoms with van der Waals surface area (Å²) in [4.78, 5) is 27.5. The molecule has 0 aliphatic rings. The van der Waals surface area contributed by atoms with Crippen molar-refractivity contribution >= 4 is 23.3 Å². The first kappa shape index (κ1) is 15.0. The lowest BCUT2D eigenvalue weighted by atomic mass is 10.2. The van der Waals surface area contributed by atoms with Gasteiger partial charge in [0.2, 0.25) is 0 Å². The summed E-state index contributed by atoms with van der Waals surface area (Å²) in [6.07, 6.45) is 2.05. The maximum absolute atomic E-state index is 11.7. The molecule has 21 heavy (non-hydrogen) atoms. The number of urea groups is 1. The third-order valence-corrected chi connectivity index (χ3v) is 3.57. The fourth-order valence-corrected chi connectivity index (χ4v) is 2.45. The van der Waals surface area contributed by atoms with Crippen molar-refractivity contribution in [2.75, 3.05) is 6.54 Å². The minimum Gasteiger partial charge on any atom is -0.479 e. The number of nitrogens with zero attached hydrogens (tertiary/aromatic N) is 3. The zero-order valence-corrected chi connectivity index (χ0v) is 12.1. The molecule has 0 saturated heterocycles. The van der Waals surface area contributed by atoms with Crippen LogP contribution in [0.15, 0.2) is 23.8 Å². The van der Waals surface area contributed by atoms with Gasteiger partial charge in [0, 0.05) is 24.9 Å². The van der Waals surface area contributed by atoms with Gasteiger partial charge >= 0.3 is 12.0 Å². The highest BCUT2D eigenvalue weighted by atomic mass is 32.1. The van der Waals surface area contributed by atoms with Gasteiger partial charge < -0.3 is 15.7 Å². The second-order valence-corrected chi connectivity index (χ2v) is 5.25. The molecule has 0 aromatic carbocycles. The maximum Gasteiger partial charge on any atom is 0.331 e. The van der Waals surface area contributed by atoms with E-state index in [1.807, 2.05) is 0 Å². The van der Waals surface area contributed by atoms with E-state index in [1.165, 1.54) is 11.3 Å². The predicted octanol–water partition coefficient (Wildman–Crippen LogP) is 0.544. The second-order valence-electron chi connectivity index (χ2n) is 4.27. The van der Waals surface area contributed by atoms with Gasteiger partial charge in [0.05, 0.1) is 0 Å². The van der Waals surface area contributed by atoms with E-state index in [0.717, 1.165) is 0 Å². The lowest BCUT2D eigenvalue weighted by Gasteiger charge is -2.13. The van der Waals surface area contributed by atoms with Crippen LogP contribution in [0.2, 0.25) is 0 Å². The van der Waals surface area contributed by atoms with E-state index in [2.05, 4.69) is 20.7 Å².